The molecular weight excluding hydrogens is 304 g/mol. The van der Waals surface area contributed by atoms with Gasteiger partial charge in [0.1, 0.15) is 0 Å². The van der Waals surface area contributed by atoms with E-state index < -0.39 is 0 Å². The van der Waals surface area contributed by atoms with Crippen molar-refractivity contribution in [2.75, 3.05) is 0 Å². The largest absolute Gasteiger partial charge is 0.293 e. The fourth-order valence-electron chi connectivity index (χ4n) is 2.45. The molecule has 0 aliphatic carbocycles. The number of aliphatic imine (C=N–C) groups is 1. The number of hydrogen-bond acceptors (Lipinski definition) is 2. The van der Waals surface area contributed by atoms with Crippen molar-refractivity contribution in [1.82, 2.24) is 0 Å². The van der Waals surface area contributed by atoms with Gasteiger partial charge in [0.05, 0.1) is 5.17 Å². The van der Waals surface area contributed by atoms with E-state index in [4.69, 9.17) is 22.0 Å². The highest BCUT2D eigenvalue weighted by molar-refractivity contribution is 6.64. The van der Waals surface area contributed by atoms with E-state index in [0.29, 0.717) is 12.5 Å². The summed E-state index contributed by atoms with van der Waals surface area (Å²) in [7, 11) is 0. The summed E-state index contributed by atoms with van der Waals surface area (Å²) in [5.74, 6) is 0.807. The highest BCUT2D eigenvalue weighted by atomic mass is 35.5. The lowest BCUT2D eigenvalue weighted by Gasteiger charge is -2.08. The third-order valence-electron chi connectivity index (χ3n) is 3.96. The quantitative estimate of drug-likeness (QED) is 0.257. The molecule has 0 saturated carbocycles. The molecule has 0 rings (SSSR count). The van der Waals surface area contributed by atoms with E-state index in [1.54, 1.807) is 0 Å². The van der Waals surface area contributed by atoms with Gasteiger partial charge >= 0.3 is 0 Å². The van der Waals surface area contributed by atoms with Crippen LogP contribution >= 0.6 is 11.6 Å². The van der Waals surface area contributed by atoms with Crippen molar-refractivity contribution >= 4 is 23.0 Å². The molecule has 0 spiro atoms. The summed E-state index contributed by atoms with van der Waals surface area (Å²) < 4.78 is 0. The summed E-state index contributed by atoms with van der Waals surface area (Å²) in [4.78, 5) is 4.73. The van der Waals surface area contributed by atoms with Gasteiger partial charge in [-0.25, -0.2) is 0 Å². The minimum atomic E-state index is 0.271. The second-order valence-electron chi connectivity index (χ2n) is 6.99. The highest BCUT2D eigenvalue weighted by Gasteiger charge is 2.01. The van der Waals surface area contributed by atoms with E-state index >= 15 is 0 Å². The Kier molecular flexibility index (Phi) is 14.5. The van der Waals surface area contributed by atoms with Gasteiger partial charge in [-0.1, -0.05) is 64.1 Å². The van der Waals surface area contributed by atoms with Crippen LogP contribution in [0.4, 0.5) is 0 Å². The Morgan fingerprint density at radius 3 is 2.30 bits per heavy atom. The van der Waals surface area contributed by atoms with Crippen molar-refractivity contribution in [3.63, 3.8) is 0 Å². The van der Waals surface area contributed by atoms with Crippen molar-refractivity contribution in [3.05, 3.63) is 11.6 Å². The van der Waals surface area contributed by atoms with Crippen LogP contribution in [0.3, 0.4) is 0 Å². The minimum Gasteiger partial charge on any atom is -0.293 e. The van der Waals surface area contributed by atoms with Crippen LogP contribution in [0.5, 0.6) is 0 Å². The summed E-state index contributed by atoms with van der Waals surface area (Å²) in [6.45, 7) is 8.99. The van der Waals surface area contributed by atoms with Gasteiger partial charge in [0.25, 0.3) is 0 Å². The zero-order chi connectivity index (χ0) is 17.5. The predicted octanol–water partition coefficient (Wildman–Crippen LogP) is 7.17. The smallest absolute Gasteiger partial charge is 0.0968 e. The average molecular weight is 341 g/mol. The molecule has 0 saturated heterocycles. The Morgan fingerprint density at radius 1 is 1.04 bits per heavy atom. The van der Waals surface area contributed by atoms with E-state index in [9.17, 15) is 0 Å². The number of hydrogen-bond donors (Lipinski definition) is 1. The summed E-state index contributed by atoms with van der Waals surface area (Å²) >= 11 is 5.57. The molecule has 0 amide bonds. The maximum Gasteiger partial charge on any atom is 0.0968 e. The molecule has 0 fully saturated rings. The Bertz CT molecular complexity index is 359. The molecule has 0 heterocycles. The number of nitrogens with one attached hydrogen (secondary N) is 1. The summed E-state index contributed by atoms with van der Waals surface area (Å²) in [6, 6.07) is 0.361. The molecule has 2 nitrogen and oxygen atoms in total. The topological polar surface area (TPSA) is 36.2 Å². The highest BCUT2D eigenvalue weighted by Crippen LogP contribution is 2.14. The maximum atomic E-state index is 7.22. The number of allylic oxidation sites excluding steroid dienone is 2. The summed E-state index contributed by atoms with van der Waals surface area (Å²) in [5.41, 5.74) is 1.41. The fraction of sp³-hybridized carbons (Fsp3) is 0.800. The van der Waals surface area contributed by atoms with E-state index in [-0.39, 0.29) is 5.17 Å². The van der Waals surface area contributed by atoms with Crippen molar-refractivity contribution in [3.8, 4) is 0 Å². The maximum absolute atomic E-state index is 7.22. The van der Waals surface area contributed by atoms with Crippen LogP contribution in [-0.4, -0.2) is 17.4 Å². The Labute approximate surface area is 149 Å². The lowest BCUT2D eigenvalue weighted by atomic mass is 10.0. The van der Waals surface area contributed by atoms with Crippen LogP contribution in [-0.2, 0) is 0 Å². The van der Waals surface area contributed by atoms with Crippen LogP contribution in [0.2, 0.25) is 0 Å². The number of halogens is 1. The van der Waals surface area contributed by atoms with Gasteiger partial charge in [-0.3, -0.25) is 10.4 Å². The van der Waals surface area contributed by atoms with E-state index in [1.807, 2.05) is 0 Å². The first-order valence-electron chi connectivity index (χ1n) is 9.40. The van der Waals surface area contributed by atoms with Gasteiger partial charge < -0.3 is 0 Å². The molecular formula is C20H37ClN2. The zero-order valence-corrected chi connectivity index (χ0v) is 16.5. The first kappa shape index (κ1) is 22.4. The molecule has 0 aromatic heterocycles. The van der Waals surface area contributed by atoms with Gasteiger partial charge in [-0.15, -0.1) is 0 Å². The Hall–Kier alpha value is -0.630. The summed E-state index contributed by atoms with van der Waals surface area (Å²) in [6.07, 6.45) is 15.8. The Balaban J connectivity index is 4.15. The second kappa shape index (κ2) is 14.9. The lowest BCUT2D eigenvalue weighted by Crippen LogP contribution is -2.00. The second-order valence-corrected chi connectivity index (χ2v) is 7.44. The normalized spacial score (nSPS) is 13.9. The van der Waals surface area contributed by atoms with Crippen LogP contribution in [0.1, 0.15) is 91.9 Å². The summed E-state index contributed by atoms with van der Waals surface area (Å²) in [5, 5.41) is 7.49. The molecule has 1 atom stereocenters. The van der Waals surface area contributed by atoms with Crippen LogP contribution in [0, 0.1) is 11.3 Å². The molecule has 0 radical (unpaired) electrons. The third-order valence-corrected chi connectivity index (χ3v) is 4.14. The van der Waals surface area contributed by atoms with Gasteiger partial charge in [-0.2, -0.15) is 0 Å². The molecule has 0 aliphatic rings. The average Bonchev–Trinajstić information content (AvgIpc) is 2.49. The lowest BCUT2D eigenvalue weighted by molar-refractivity contribution is 0.539. The zero-order valence-electron chi connectivity index (χ0n) is 15.7. The van der Waals surface area contributed by atoms with Crippen LogP contribution in [0.25, 0.3) is 0 Å². The molecule has 0 aromatic rings. The van der Waals surface area contributed by atoms with Crippen LogP contribution < -0.4 is 0 Å². The van der Waals surface area contributed by atoms with Crippen LogP contribution in [0.15, 0.2) is 16.6 Å². The van der Waals surface area contributed by atoms with Crippen molar-refractivity contribution in [1.29, 1.82) is 5.41 Å². The predicted molar refractivity (Wildman–Crippen MR) is 106 cm³/mol. The molecule has 134 valence electrons. The number of nitrogens with zero attached hydrogens (tertiary/aromatic N) is 1. The first-order chi connectivity index (χ1) is 11.0. The molecule has 1 N–H and O–H groups in total. The van der Waals surface area contributed by atoms with Crippen molar-refractivity contribution in [2.24, 2.45) is 10.9 Å². The number of rotatable bonds is 14. The minimum absolute atomic E-state index is 0.271. The first-order valence-corrected chi connectivity index (χ1v) is 9.78. The SMILES string of the molecule is CCCC=C(C=NC(C)CCCCC(=N)Cl)CCCCC(C)C. The van der Waals surface area contributed by atoms with Gasteiger partial charge in [0.2, 0.25) is 0 Å². The van der Waals surface area contributed by atoms with Gasteiger partial charge in [-0.05, 0) is 56.9 Å². The fourth-order valence-corrected chi connectivity index (χ4v) is 2.58. The van der Waals surface area contributed by atoms with Crippen molar-refractivity contribution in [2.45, 2.75) is 97.9 Å². The molecule has 0 aliphatic heterocycles. The standard InChI is InChI=1S/C20H37ClN2/c1-5-6-13-19(14-9-7-11-17(2)3)16-23-18(4)12-8-10-15-20(21)22/h13,16-18,22H,5-12,14-15H2,1-4H3. The molecule has 23 heavy (non-hydrogen) atoms. The monoisotopic (exact) mass is 340 g/mol. The molecule has 1 unspecified atom stereocenters. The van der Waals surface area contributed by atoms with E-state index in [1.165, 1.54) is 31.3 Å². The molecule has 0 bridgehead atoms. The van der Waals surface area contributed by atoms with Gasteiger partial charge in [0, 0.05) is 12.3 Å². The third kappa shape index (κ3) is 16.0. The van der Waals surface area contributed by atoms with E-state index in [2.05, 4.69) is 40.0 Å². The number of unbranched alkanes of at least 4 members (excludes halogenated alkanes) is 3. The van der Waals surface area contributed by atoms with Gasteiger partial charge in [0.15, 0.2) is 0 Å². The molecule has 3 heteroatoms. The van der Waals surface area contributed by atoms with E-state index in [0.717, 1.165) is 38.0 Å². The Morgan fingerprint density at radius 2 is 1.70 bits per heavy atom. The molecule has 0 aromatic carbocycles. The van der Waals surface area contributed by atoms with Crippen molar-refractivity contribution < 1.29 is 0 Å².